The van der Waals surface area contributed by atoms with E-state index >= 15 is 0 Å². The number of imide groups is 1. The molecule has 7 nitrogen and oxygen atoms in total. The number of hydrogen-bond acceptors (Lipinski definition) is 5. The number of aromatic nitrogens is 3. The van der Waals surface area contributed by atoms with Gasteiger partial charge in [0.05, 0.1) is 10.9 Å². The summed E-state index contributed by atoms with van der Waals surface area (Å²) in [5, 5.41) is 2.77. The van der Waals surface area contributed by atoms with Crippen molar-refractivity contribution in [1.82, 2.24) is 19.9 Å². The van der Waals surface area contributed by atoms with Crippen LogP contribution in [0.3, 0.4) is 0 Å². The van der Waals surface area contributed by atoms with Gasteiger partial charge in [0.2, 0.25) is 17.8 Å². The summed E-state index contributed by atoms with van der Waals surface area (Å²) in [6, 6.07) is 10.2. The minimum Gasteiger partial charge on any atom is -0.296 e. The van der Waals surface area contributed by atoms with Gasteiger partial charge in [0.1, 0.15) is 0 Å². The lowest BCUT2D eigenvalue weighted by atomic mass is 9.89. The molecule has 1 N–H and O–H groups in total. The van der Waals surface area contributed by atoms with Crippen LogP contribution in [0, 0.1) is 0 Å². The molecular formula is C20H15ClN4O3. The van der Waals surface area contributed by atoms with Gasteiger partial charge in [0.15, 0.2) is 0 Å². The third-order valence-corrected chi connectivity index (χ3v) is 5.05. The molecule has 3 aromatic rings. The molecule has 1 aromatic carbocycles. The minimum absolute atomic E-state index is 0.229. The molecule has 1 saturated heterocycles. The van der Waals surface area contributed by atoms with Crippen LogP contribution >= 0.6 is 11.6 Å². The molecule has 0 saturated carbocycles. The van der Waals surface area contributed by atoms with Crippen LogP contribution in [0.15, 0.2) is 59.8 Å². The molecular weight excluding hydrogens is 380 g/mol. The Kier molecular flexibility index (Phi) is 4.75. The molecule has 28 heavy (non-hydrogen) atoms. The summed E-state index contributed by atoms with van der Waals surface area (Å²) in [5.74, 6) is -0.834. The second kappa shape index (κ2) is 7.36. The standard InChI is InChI=1S/C20H15ClN4O3/c21-18-13(4-3-5-14(18)15-7-8-16(26)24-19(15)28)12-10-22-20(23-11-12)25-9-2-1-6-17(25)27/h1-6,9-11,15H,7-8H2,(H,24,26,28). The maximum absolute atomic E-state index is 12.2. The fourth-order valence-electron chi connectivity index (χ4n) is 3.21. The number of carbonyl (C=O) groups is 2. The minimum atomic E-state index is -0.478. The Balaban J connectivity index is 1.69. The molecule has 1 fully saturated rings. The first-order valence-electron chi connectivity index (χ1n) is 8.67. The lowest BCUT2D eigenvalue weighted by Crippen LogP contribution is -2.39. The Morgan fingerprint density at radius 3 is 2.54 bits per heavy atom. The second-order valence-corrected chi connectivity index (χ2v) is 6.77. The Hall–Kier alpha value is -3.32. The molecule has 1 atom stereocenters. The zero-order valence-corrected chi connectivity index (χ0v) is 15.4. The summed E-state index contributed by atoms with van der Waals surface area (Å²) in [5.41, 5.74) is 1.77. The first kappa shape index (κ1) is 18.1. The maximum atomic E-state index is 12.2. The zero-order valence-electron chi connectivity index (χ0n) is 14.6. The average Bonchev–Trinajstić information content (AvgIpc) is 2.69. The topological polar surface area (TPSA) is 93.9 Å². The van der Waals surface area contributed by atoms with Gasteiger partial charge in [-0.25, -0.2) is 9.97 Å². The summed E-state index contributed by atoms with van der Waals surface area (Å²) >= 11 is 6.58. The van der Waals surface area contributed by atoms with Gasteiger partial charge in [-0.3, -0.25) is 24.3 Å². The van der Waals surface area contributed by atoms with E-state index in [-0.39, 0.29) is 29.7 Å². The van der Waals surface area contributed by atoms with Crippen molar-refractivity contribution in [2.75, 3.05) is 0 Å². The number of amides is 2. The number of halogens is 1. The molecule has 1 aliphatic rings. The zero-order chi connectivity index (χ0) is 19.7. The first-order chi connectivity index (χ1) is 13.5. The summed E-state index contributed by atoms with van der Waals surface area (Å²) in [6.07, 6.45) is 5.45. The van der Waals surface area contributed by atoms with Crippen LogP contribution in [0.1, 0.15) is 24.3 Å². The van der Waals surface area contributed by atoms with Gasteiger partial charge in [-0.1, -0.05) is 35.9 Å². The van der Waals surface area contributed by atoms with E-state index < -0.39 is 5.92 Å². The van der Waals surface area contributed by atoms with Gasteiger partial charge in [-0.2, -0.15) is 0 Å². The van der Waals surface area contributed by atoms with Crippen LogP contribution in [0.4, 0.5) is 0 Å². The Bertz CT molecular complexity index is 1120. The lowest BCUT2D eigenvalue weighted by Gasteiger charge is -2.22. The van der Waals surface area contributed by atoms with E-state index in [0.29, 0.717) is 28.1 Å². The third kappa shape index (κ3) is 3.32. The fourth-order valence-corrected chi connectivity index (χ4v) is 3.58. The summed E-state index contributed by atoms with van der Waals surface area (Å²) in [7, 11) is 0. The van der Waals surface area contributed by atoms with Crippen LogP contribution in [0.25, 0.3) is 17.1 Å². The highest BCUT2D eigenvalue weighted by atomic mass is 35.5. The smallest absolute Gasteiger partial charge is 0.257 e. The molecule has 0 spiro atoms. The third-order valence-electron chi connectivity index (χ3n) is 4.63. The predicted molar refractivity (Wildman–Crippen MR) is 103 cm³/mol. The van der Waals surface area contributed by atoms with Crippen molar-refractivity contribution in [2.24, 2.45) is 0 Å². The van der Waals surface area contributed by atoms with Crippen LogP contribution in [-0.2, 0) is 9.59 Å². The van der Waals surface area contributed by atoms with E-state index in [1.807, 2.05) is 6.07 Å². The van der Waals surface area contributed by atoms with Crippen molar-refractivity contribution >= 4 is 23.4 Å². The molecule has 2 amide bonds. The molecule has 1 unspecified atom stereocenters. The molecule has 140 valence electrons. The van der Waals surface area contributed by atoms with Crippen molar-refractivity contribution in [2.45, 2.75) is 18.8 Å². The number of hydrogen-bond donors (Lipinski definition) is 1. The lowest BCUT2D eigenvalue weighted by molar-refractivity contribution is -0.134. The van der Waals surface area contributed by atoms with Crippen molar-refractivity contribution in [3.05, 3.63) is 75.9 Å². The number of carbonyl (C=O) groups excluding carboxylic acids is 2. The molecule has 1 aliphatic heterocycles. The van der Waals surface area contributed by atoms with Crippen LogP contribution in [0.2, 0.25) is 5.02 Å². The number of nitrogens with zero attached hydrogens (tertiary/aromatic N) is 3. The van der Waals surface area contributed by atoms with Gasteiger partial charge < -0.3 is 0 Å². The molecule has 4 rings (SSSR count). The highest BCUT2D eigenvalue weighted by Crippen LogP contribution is 2.36. The number of rotatable bonds is 3. The number of piperidine rings is 1. The Morgan fingerprint density at radius 2 is 1.82 bits per heavy atom. The van der Waals surface area contributed by atoms with Crippen molar-refractivity contribution in [3.8, 4) is 17.1 Å². The average molecular weight is 395 g/mol. The van der Waals surface area contributed by atoms with Gasteiger partial charge in [-0.15, -0.1) is 0 Å². The summed E-state index contributed by atoms with van der Waals surface area (Å²) in [4.78, 5) is 44.0. The van der Waals surface area contributed by atoms with E-state index in [0.717, 1.165) is 0 Å². The van der Waals surface area contributed by atoms with Crippen LogP contribution < -0.4 is 10.9 Å². The van der Waals surface area contributed by atoms with Crippen LogP contribution in [-0.4, -0.2) is 26.3 Å². The molecule has 3 heterocycles. The Morgan fingerprint density at radius 1 is 1.04 bits per heavy atom. The quantitative estimate of drug-likeness (QED) is 0.689. The predicted octanol–water partition coefficient (Wildman–Crippen LogP) is 2.47. The molecule has 0 aliphatic carbocycles. The van der Waals surface area contributed by atoms with Crippen molar-refractivity contribution in [3.63, 3.8) is 0 Å². The Labute approximate surface area is 165 Å². The maximum Gasteiger partial charge on any atom is 0.257 e. The van der Waals surface area contributed by atoms with Gasteiger partial charge in [0, 0.05) is 42.2 Å². The SMILES string of the molecule is O=C1CCC(c2cccc(-c3cnc(-n4ccccc4=O)nc3)c2Cl)C(=O)N1. The largest absolute Gasteiger partial charge is 0.296 e. The molecule has 2 aromatic heterocycles. The van der Waals surface area contributed by atoms with Gasteiger partial charge in [-0.05, 0) is 18.1 Å². The number of pyridine rings is 1. The molecule has 8 heteroatoms. The molecule has 0 radical (unpaired) electrons. The highest BCUT2D eigenvalue weighted by molar-refractivity contribution is 6.34. The van der Waals surface area contributed by atoms with Gasteiger partial charge in [0.25, 0.3) is 5.56 Å². The second-order valence-electron chi connectivity index (χ2n) is 6.39. The monoisotopic (exact) mass is 394 g/mol. The van der Waals surface area contributed by atoms with E-state index in [1.165, 1.54) is 10.6 Å². The van der Waals surface area contributed by atoms with E-state index in [4.69, 9.17) is 11.6 Å². The normalized spacial score (nSPS) is 16.7. The van der Waals surface area contributed by atoms with Crippen molar-refractivity contribution in [1.29, 1.82) is 0 Å². The van der Waals surface area contributed by atoms with E-state index in [2.05, 4.69) is 15.3 Å². The van der Waals surface area contributed by atoms with Crippen molar-refractivity contribution < 1.29 is 9.59 Å². The highest BCUT2D eigenvalue weighted by Gasteiger charge is 2.30. The summed E-state index contributed by atoms with van der Waals surface area (Å²) < 4.78 is 1.34. The van der Waals surface area contributed by atoms with Gasteiger partial charge >= 0.3 is 0 Å². The first-order valence-corrected chi connectivity index (χ1v) is 9.05. The molecule has 0 bridgehead atoms. The fraction of sp³-hybridized carbons (Fsp3) is 0.150. The number of nitrogens with one attached hydrogen (secondary N) is 1. The van der Waals surface area contributed by atoms with Crippen LogP contribution in [0.5, 0.6) is 0 Å². The van der Waals surface area contributed by atoms with E-state index in [9.17, 15) is 14.4 Å². The van der Waals surface area contributed by atoms with E-state index in [1.54, 1.807) is 42.9 Å². The summed E-state index contributed by atoms with van der Waals surface area (Å²) in [6.45, 7) is 0. The number of benzene rings is 1.